The Morgan fingerprint density at radius 3 is 2.69 bits per heavy atom. The molecule has 0 aromatic heterocycles. The summed E-state index contributed by atoms with van der Waals surface area (Å²) in [4.78, 5) is 13.1. The van der Waals surface area contributed by atoms with Crippen LogP contribution in [-0.2, 0) is 9.47 Å². The van der Waals surface area contributed by atoms with Crippen molar-refractivity contribution >= 4 is 6.16 Å². The first kappa shape index (κ1) is 10.3. The third-order valence-corrected chi connectivity index (χ3v) is 2.02. The SMILES string of the molecule is CC(C)OC(=O)OC1CCCN1C. The smallest absolute Gasteiger partial charge is 0.432 e. The Morgan fingerprint density at radius 1 is 1.54 bits per heavy atom. The van der Waals surface area contributed by atoms with E-state index in [1.807, 2.05) is 11.9 Å². The fraction of sp³-hybridized carbons (Fsp3) is 0.889. The quantitative estimate of drug-likeness (QED) is 0.615. The molecule has 1 aliphatic heterocycles. The van der Waals surface area contributed by atoms with Crippen LogP contribution in [0.1, 0.15) is 26.7 Å². The van der Waals surface area contributed by atoms with Crippen molar-refractivity contribution in [2.75, 3.05) is 13.6 Å². The number of ether oxygens (including phenoxy) is 2. The highest BCUT2D eigenvalue weighted by Crippen LogP contribution is 2.16. The molecule has 0 bridgehead atoms. The Morgan fingerprint density at radius 2 is 2.23 bits per heavy atom. The summed E-state index contributed by atoms with van der Waals surface area (Å²) in [7, 11) is 1.94. The highest BCUT2D eigenvalue weighted by atomic mass is 16.7. The second kappa shape index (κ2) is 4.46. The number of rotatable bonds is 2. The van der Waals surface area contributed by atoms with Gasteiger partial charge in [-0.25, -0.2) is 4.79 Å². The first-order valence-corrected chi connectivity index (χ1v) is 4.67. The zero-order chi connectivity index (χ0) is 9.84. The summed E-state index contributed by atoms with van der Waals surface area (Å²) >= 11 is 0. The van der Waals surface area contributed by atoms with Crippen LogP contribution in [0.3, 0.4) is 0 Å². The van der Waals surface area contributed by atoms with E-state index in [-0.39, 0.29) is 12.3 Å². The second-order valence-electron chi connectivity index (χ2n) is 3.61. The Labute approximate surface area is 78.8 Å². The van der Waals surface area contributed by atoms with E-state index in [1.165, 1.54) is 0 Å². The van der Waals surface area contributed by atoms with Crippen molar-refractivity contribution in [3.05, 3.63) is 0 Å². The van der Waals surface area contributed by atoms with Gasteiger partial charge in [-0.3, -0.25) is 4.90 Å². The molecule has 1 heterocycles. The van der Waals surface area contributed by atoms with Gasteiger partial charge in [-0.1, -0.05) is 0 Å². The average Bonchev–Trinajstić information content (AvgIpc) is 2.34. The van der Waals surface area contributed by atoms with Crippen LogP contribution in [0.4, 0.5) is 4.79 Å². The van der Waals surface area contributed by atoms with E-state index < -0.39 is 6.16 Å². The van der Waals surface area contributed by atoms with Crippen LogP contribution in [-0.4, -0.2) is 37.0 Å². The molecule has 4 heteroatoms. The van der Waals surface area contributed by atoms with E-state index in [4.69, 9.17) is 9.47 Å². The van der Waals surface area contributed by atoms with Gasteiger partial charge in [-0.05, 0) is 33.7 Å². The van der Waals surface area contributed by atoms with Gasteiger partial charge >= 0.3 is 6.16 Å². The summed E-state index contributed by atoms with van der Waals surface area (Å²) in [6.07, 6.45) is 1.22. The molecule has 4 nitrogen and oxygen atoms in total. The standard InChI is InChI=1S/C9H17NO3/c1-7(2)12-9(11)13-8-5-4-6-10(8)3/h7-8H,4-6H2,1-3H3. The van der Waals surface area contributed by atoms with Gasteiger partial charge in [-0.15, -0.1) is 0 Å². The topological polar surface area (TPSA) is 38.8 Å². The minimum absolute atomic E-state index is 0.0914. The van der Waals surface area contributed by atoms with Gasteiger partial charge in [0.15, 0.2) is 6.23 Å². The van der Waals surface area contributed by atoms with E-state index in [1.54, 1.807) is 13.8 Å². The summed E-state index contributed by atoms with van der Waals surface area (Å²) in [6.45, 7) is 4.60. The zero-order valence-electron chi connectivity index (χ0n) is 8.45. The molecule has 0 amide bonds. The molecule has 1 rings (SSSR count). The second-order valence-corrected chi connectivity index (χ2v) is 3.61. The van der Waals surface area contributed by atoms with Gasteiger partial charge < -0.3 is 9.47 Å². The lowest BCUT2D eigenvalue weighted by molar-refractivity contribution is -0.0312. The summed E-state index contributed by atoms with van der Waals surface area (Å²) in [5, 5.41) is 0. The van der Waals surface area contributed by atoms with Crippen molar-refractivity contribution < 1.29 is 14.3 Å². The molecule has 1 saturated heterocycles. The van der Waals surface area contributed by atoms with Crippen molar-refractivity contribution in [3.63, 3.8) is 0 Å². The molecule has 1 unspecified atom stereocenters. The molecule has 13 heavy (non-hydrogen) atoms. The molecule has 76 valence electrons. The van der Waals surface area contributed by atoms with Gasteiger partial charge in [-0.2, -0.15) is 0 Å². The van der Waals surface area contributed by atoms with Crippen molar-refractivity contribution in [1.82, 2.24) is 4.90 Å². The van der Waals surface area contributed by atoms with Crippen molar-refractivity contribution in [2.24, 2.45) is 0 Å². The van der Waals surface area contributed by atoms with Crippen molar-refractivity contribution in [3.8, 4) is 0 Å². The van der Waals surface area contributed by atoms with E-state index in [2.05, 4.69) is 0 Å². The molecule has 0 aromatic carbocycles. The highest BCUT2D eigenvalue weighted by Gasteiger charge is 2.25. The minimum atomic E-state index is -0.561. The van der Waals surface area contributed by atoms with Gasteiger partial charge in [0.25, 0.3) is 0 Å². The third-order valence-electron chi connectivity index (χ3n) is 2.02. The molecule has 0 aliphatic carbocycles. The third kappa shape index (κ3) is 3.22. The number of hydrogen-bond acceptors (Lipinski definition) is 4. The maximum atomic E-state index is 11.1. The lowest BCUT2D eigenvalue weighted by Crippen LogP contribution is -2.30. The molecular weight excluding hydrogens is 170 g/mol. The molecule has 0 spiro atoms. The van der Waals surface area contributed by atoms with Crippen molar-refractivity contribution in [1.29, 1.82) is 0 Å². The Hall–Kier alpha value is -0.770. The maximum absolute atomic E-state index is 11.1. The molecule has 1 atom stereocenters. The monoisotopic (exact) mass is 187 g/mol. The summed E-state index contributed by atoms with van der Waals surface area (Å²) in [6, 6.07) is 0. The molecule has 0 N–H and O–H groups in total. The number of nitrogens with zero attached hydrogens (tertiary/aromatic N) is 1. The molecule has 0 saturated carbocycles. The van der Waals surface area contributed by atoms with Gasteiger partial charge in [0.1, 0.15) is 0 Å². The molecule has 0 aromatic rings. The van der Waals surface area contributed by atoms with Crippen LogP contribution < -0.4 is 0 Å². The van der Waals surface area contributed by atoms with E-state index in [0.29, 0.717) is 0 Å². The molecular formula is C9H17NO3. The van der Waals surface area contributed by atoms with Crippen LogP contribution in [0, 0.1) is 0 Å². The number of hydrogen-bond donors (Lipinski definition) is 0. The normalized spacial score (nSPS) is 23.5. The van der Waals surface area contributed by atoms with E-state index in [0.717, 1.165) is 19.4 Å². The Balaban J connectivity index is 2.27. The average molecular weight is 187 g/mol. The largest absolute Gasteiger partial charge is 0.510 e. The van der Waals surface area contributed by atoms with E-state index >= 15 is 0 Å². The summed E-state index contributed by atoms with van der Waals surface area (Å²) < 4.78 is 9.97. The number of carbonyl (C=O) groups is 1. The predicted octanol–water partition coefficient (Wildman–Crippen LogP) is 1.60. The fourth-order valence-electron chi connectivity index (χ4n) is 1.36. The first-order valence-electron chi connectivity index (χ1n) is 4.67. The summed E-state index contributed by atoms with van der Waals surface area (Å²) in [5.74, 6) is 0. The molecule has 1 fully saturated rings. The van der Waals surface area contributed by atoms with Crippen LogP contribution in [0.2, 0.25) is 0 Å². The summed E-state index contributed by atoms with van der Waals surface area (Å²) in [5.41, 5.74) is 0. The number of carbonyl (C=O) groups excluding carboxylic acids is 1. The minimum Gasteiger partial charge on any atom is -0.432 e. The molecule has 1 aliphatic rings. The molecule has 0 radical (unpaired) electrons. The highest BCUT2D eigenvalue weighted by molar-refractivity contribution is 5.60. The fourth-order valence-corrected chi connectivity index (χ4v) is 1.36. The Kier molecular flexibility index (Phi) is 3.54. The van der Waals surface area contributed by atoms with Crippen molar-refractivity contribution in [2.45, 2.75) is 39.0 Å². The first-order chi connectivity index (χ1) is 6.09. The lowest BCUT2D eigenvalue weighted by Gasteiger charge is -2.19. The zero-order valence-corrected chi connectivity index (χ0v) is 8.45. The maximum Gasteiger partial charge on any atom is 0.510 e. The predicted molar refractivity (Wildman–Crippen MR) is 48.4 cm³/mol. The van der Waals surface area contributed by atoms with Gasteiger partial charge in [0, 0.05) is 6.54 Å². The van der Waals surface area contributed by atoms with Gasteiger partial charge in [0.2, 0.25) is 0 Å². The van der Waals surface area contributed by atoms with E-state index in [9.17, 15) is 4.79 Å². The van der Waals surface area contributed by atoms with Crippen LogP contribution in [0.5, 0.6) is 0 Å². The van der Waals surface area contributed by atoms with Gasteiger partial charge in [0.05, 0.1) is 6.10 Å². The Bertz CT molecular complexity index is 182. The van der Waals surface area contributed by atoms with Crippen LogP contribution in [0.15, 0.2) is 0 Å². The lowest BCUT2D eigenvalue weighted by atomic mass is 10.4. The van der Waals surface area contributed by atoms with Crippen LogP contribution >= 0.6 is 0 Å². The number of likely N-dealkylation sites (tertiary alicyclic amines) is 1. The van der Waals surface area contributed by atoms with Crippen LogP contribution in [0.25, 0.3) is 0 Å².